The molecular formula is C22H25ClFN3O5S. The molecule has 1 N–H and O–H groups in total. The number of hydrogen-bond donors (Lipinski definition) is 1. The van der Waals surface area contributed by atoms with Crippen molar-refractivity contribution in [3.8, 4) is 0 Å². The topological polar surface area (TPSA) is 96.0 Å². The fourth-order valence-electron chi connectivity index (χ4n) is 3.29. The second-order valence-corrected chi connectivity index (χ2v) is 9.73. The summed E-state index contributed by atoms with van der Waals surface area (Å²) in [5.41, 5.74) is 0.711. The van der Waals surface area contributed by atoms with E-state index in [1.165, 1.54) is 39.5 Å². The summed E-state index contributed by atoms with van der Waals surface area (Å²) < 4.78 is 45.4. The highest BCUT2D eigenvalue weighted by atomic mass is 35.5. The first-order valence-electron chi connectivity index (χ1n) is 10.4. The minimum atomic E-state index is -3.81. The molecule has 8 nitrogen and oxygen atoms in total. The number of amides is 2. The van der Waals surface area contributed by atoms with Gasteiger partial charge in [0.25, 0.3) is 5.91 Å². The Morgan fingerprint density at radius 3 is 2.45 bits per heavy atom. The Balaban J connectivity index is 1.71. The number of morpholine rings is 1. The van der Waals surface area contributed by atoms with Gasteiger partial charge in [0.15, 0.2) is 0 Å². The second kappa shape index (κ2) is 11.1. The van der Waals surface area contributed by atoms with Crippen LogP contribution < -0.4 is 5.32 Å². The summed E-state index contributed by atoms with van der Waals surface area (Å²) in [5, 5.41) is 2.77. The Bertz CT molecular complexity index is 1110. The van der Waals surface area contributed by atoms with Crippen molar-refractivity contribution in [1.29, 1.82) is 0 Å². The van der Waals surface area contributed by atoms with Crippen molar-refractivity contribution < 1.29 is 27.1 Å². The van der Waals surface area contributed by atoms with Crippen LogP contribution in [0.3, 0.4) is 0 Å². The number of nitrogens with one attached hydrogen (secondary N) is 1. The molecule has 0 saturated carbocycles. The van der Waals surface area contributed by atoms with Crippen LogP contribution in [0.15, 0.2) is 47.4 Å². The number of halogens is 2. The summed E-state index contributed by atoms with van der Waals surface area (Å²) >= 11 is 6.21. The maximum absolute atomic E-state index is 13.1. The molecule has 1 aliphatic heterocycles. The average molecular weight is 498 g/mol. The van der Waals surface area contributed by atoms with E-state index < -0.39 is 21.8 Å². The monoisotopic (exact) mass is 497 g/mol. The summed E-state index contributed by atoms with van der Waals surface area (Å²) in [7, 11) is -3.81. The highest BCUT2D eigenvalue weighted by Crippen LogP contribution is 2.25. The molecule has 2 aromatic rings. The quantitative estimate of drug-likeness (QED) is 0.603. The van der Waals surface area contributed by atoms with Crippen molar-refractivity contribution in [3.05, 3.63) is 64.4 Å². The van der Waals surface area contributed by atoms with Gasteiger partial charge in [-0.05, 0) is 42.8 Å². The molecule has 0 spiro atoms. The fraction of sp³-hybridized carbons (Fsp3) is 0.364. The third-order valence-electron chi connectivity index (χ3n) is 5.18. The second-order valence-electron chi connectivity index (χ2n) is 7.38. The first kappa shape index (κ1) is 25.1. The number of likely N-dealkylation sites (N-methyl/N-ethyl adjacent to an activating group) is 1. The molecule has 0 radical (unpaired) electrons. The molecule has 0 unspecified atom stereocenters. The van der Waals surface area contributed by atoms with E-state index in [0.29, 0.717) is 18.8 Å². The summed E-state index contributed by atoms with van der Waals surface area (Å²) in [6.07, 6.45) is 0. The number of rotatable bonds is 8. The summed E-state index contributed by atoms with van der Waals surface area (Å²) in [5.74, 6) is -1.34. The van der Waals surface area contributed by atoms with Gasteiger partial charge in [0.1, 0.15) is 5.82 Å². The van der Waals surface area contributed by atoms with E-state index in [2.05, 4.69) is 5.32 Å². The smallest absolute Gasteiger partial charge is 0.255 e. The predicted molar refractivity (Wildman–Crippen MR) is 121 cm³/mol. The van der Waals surface area contributed by atoms with Crippen LogP contribution >= 0.6 is 11.6 Å². The van der Waals surface area contributed by atoms with Crippen LogP contribution in [0.5, 0.6) is 0 Å². The van der Waals surface area contributed by atoms with Gasteiger partial charge in [-0.25, -0.2) is 12.8 Å². The molecule has 11 heteroatoms. The van der Waals surface area contributed by atoms with Gasteiger partial charge in [-0.2, -0.15) is 4.31 Å². The number of carbonyl (C=O) groups excluding carboxylic acids is 2. The van der Waals surface area contributed by atoms with E-state index in [4.69, 9.17) is 16.3 Å². The molecule has 2 aromatic carbocycles. The zero-order chi connectivity index (χ0) is 24.0. The van der Waals surface area contributed by atoms with Crippen molar-refractivity contribution in [3.63, 3.8) is 0 Å². The van der Waals surface area contributed by atoms with Gasteiger partial charge >= 0.3 is 0 Å². The third-order valence-corrected chi connectivity index (χ3v) is 7.41. The lowest BCUT2D eigenvalue weighted by atomic mass is 10.2. The lowest BCUT2D eigenvalue weighted by Gasteiger charge is -2.26. The third kappa shape index (κ3) is 6.29. The maximum atomic E-state index is 13.1. The molecule has 0 bridgehead atoms. The van der Waals surface area contributed by atoms with Gasteiger partial charge < -0.3 is 15.0 Å². The van der Waals surface area contributed by atoms with E-state index >= 15 is 0 Å². The number of nitrogens with zero attached hydrogens (tertiary/aromatic N) is 2. The maximum Gasteiger partial charge on any atom is 0.255 e. The van der Waals surface area contributed by atoms with Crippen molar-refractivity contribution in [2.24, 2.45) is 0 Å². The first-order valence-corrected chi connectivity index (χ1v) is 12.2. The lowest BCUT2D eigenvalue weighted by molar-refractivity contribution is -0.121. The first-order chi connectivity index (χ1) is 15.7. The molecule has 178 valence electrons. The molecule has 0 aromatic heterocycles. The molecule has 0 atom stereocenters. The minimum Gasteiger partial charge on any atom is -0.379 e. The minimum absolute atomic E-state index is 0.000754. The Morgan fingerprint density at radius 1 is 1.15 bits per heavy atom. The largest absolute Gasteiger partial charge is 0.379 e. The fourth-order valence-corrected chi connectivity index (χ4v) is 4.93. The van der Waals surface area contributed by atoms with Gasteiger partial charge in [-0.1, -0.05) is 23.7 Å². The number of sulfonamides is 1. The zero-order valence-corrected chi connectivity index (χ0v) is 19.7. The van der Waals surface area contributed by atoms with Crippen molar-refractivity contribution in [1.82, 2.24) is 14.5 Å². The average Bonchev–Trinajstić information content (AvgIpc) is 2.82. The van der Waals surface area contributed by atoms with Crippen LogP contribution in [0.25, 0.3) is 0 Å². The van der Waals surface area contributed by atoms with E-state index in [9.17, 15) is 22.4 Å². The van der Waals surface area contributed by atoms with Crippen molar-refractivity contribution in [2.75, 3.05) is 39.4 Å². The molecule has 2 amide bonds. The highest BCUT2D eigenvalue weighted by Gasteiger charge is 2.28. The standard InChI is InChI=1S/C22H25ClFN3O5S/c1-2-26(15-21(28)25-14-16-3-5-17(24)6-4-16)22(29)19-13-18(7-8-20(19)23)33(30,31)27-9-11-32-12-10-27/h3-8,13H,2,9-12,14-15H2,1H3,(H,25,28). The number of carbonyl (C=O) groups is 2. The summed E-state index contributed by atoms with van der Waals surface area (Å²) in [6, 6.07) is 9.67. The van der Waals surface area contributed by atoms with Gasteiger partial charge in [0.05, 0.1) is 35.2 Å². The predicted octanol–water partition coefficient (Wildman–Crippen LogP) is 2.28. The van der Waals surface area contributed by atoms with Crippen LogP contribution in [0, 0.1) is 5.82 Å². The molecule has 1 fully saturated rings. The number of hydrogen-bond acceptors (Lipinski definition) is 5. The van der Waals surface area contributed by atoms with E-state index in [-0.39, 0.29) is 54.0 Å². The van der Waals surface area contributed by atoms with E-state index in [1.54, 1.807) is 19.1 Å². The molecule has 33 heavy (non-hydrogen) atoms. The Morgan fingerprint density at radius 2 is 1.82 bits per heavy atom. The van der Waals surface area contributed by atoms with Gasteiger partial charge in [-0.3, -0.25) is 9.59 Å². The molecule has 1 saturated heterocycles. The summed E-state index contributed by atoms with van der Waals surface area (Å²) in [4.78, 5) is 26.7. The van der Waals surface area contributed by atoms with Gasteiger partial charge in [-0.15, -0.1) is 0 Å². The number of benzene rings is 2. The molecule has 3 rings (SSSR count). The van der Waals surface area contributed by atoms with E-state index in [1.807, 2.05) is 0 Å². The molecule has 1 heterocycles. The van der Waals surface area contributed by atoms with E-state index in [0.717, 1.165) is 0 Å². The molecule has 1 aliphatic rings. The lowest BCUT2D eigenvalue weighted by Crippen LogP contribution is -2.41. The van der Waals surface area contributed by atoms with Crippen LogP contribution in [0.2, 0.25) is 5.02 Å². The van der Waals surface area contributed by atoms with Crippen LogP contribution in [0.1, 0.15) is 22.8 Å². The number of ether oxygens (including phenoxy) is 1. The Hall–Kier alpha value is -2.53. The molecule has 0 aliphatic carbocycles. The van der Waals surface area contributed by atoms with Crippen LogP contribution in [-0.4, -0.2) is 68.8 Å². The Kier molecular flexibility index (Phi) is 8.41. The van der Waals surface area contributed by atoms with Crippen LogP contribution in [-0.2, 0) is 26.1 Å². The Labute approximate surface area is 197 Å². The van der Waals surface area contributed by atoms with Crippen LogP contribution in [0.4, 0.5) is 4.39 Å². The van der Waals surface area contributed by atoms with Crippen molar-refractivity contribution in [2.45, 2.75) is 18.4 Å². The van der Waals surface area contributed by atoms with Gasteiger partial charge in [0, 0.05) is 26.2 Å². The molecular weight excluding hydrogens is 473 g/mol. The zero-order valence-electron chi connectivity index (χ0n) is 18.1. The normalized spacial score (nSPS) is 14.6. The highest BCUT2D eigenvalue weighted by molar-refractivity contribution is 7.89. The SMILES string of the molecule is CCN(CC(=O)NCc1ccc(F)cc1)C(=O)c1cc(S(=O)(=O)N2CCOCC2)ccc1Cl. The summed E-state index contributed by atoms with van der Waals surface area (Å²) in [6.45, 7) is 2.90. The van der Waals surface area contributed by atoms with Gasteiger partial charge in [0.2, 0.25) is 15.9 Å². The van der Waals surface area contributed by atoms with Crippen molar-refractivity contribution >= 4 is 33.4 Å².